The first kappa shape index (κ1) is 18.1. The summed E-state index contributed by atoms with van der Waals surface area (Å²) in [6, 6.07) is 10.8. The second kappa shape index (κ2) is 7.13. The zero-order chi connectivity index (χ0) is 19.1. The van der Waals surface area contributed by atoms with Gasteiger partial charge in [0.25, 0.3) is 0 Å². The summed E-state index contributed by atoms with van der Waals surface area (Å²) >= 11 is 0. The van der Waals surface area contributed by atoms with Crippen LogP contribution in [-0.4, -0.2) is 44.1 Å². The molecule has 28 heavy (non-hydrogen) atoms. The van der Waals surface area contributed by atoms with Gasteiger partial charge in [-0.2, -0.15) is 4.31 Å². The van der Waals surface area contributed by atoms with Crippen molar-refractivity contribution >= 4 is 10.0 Å². The lowest BCUT2D eigenvalue weighted by Crippen LogP contribution is -2.35. The van der Waals surface area contributed by atoms with Gasteiger partial charge in [0.2, 0.25) is 10.0 Å². The molecular formula is C21H24N2O4S. The largest absolute Gasteiger partial charge is 0.493 e. The summed E-state index contributed by atoms with van der Waals surface area (Å²) in [7, 11) is -3.65. The number of ether oxygens (including phenoxy) is 2. The molecule has 6 nitrogen and oxygen atoms in total. The monoisotopic (exact) mass is 400 g/mol. The fraction of sp³-hybridized carbons (Fsp3) is 0.476. The first-order valence-corrected chi connectivity index (χ1v) is 11.3. The average Bonchev–Trinajstić information content (AvgIpc) is 3.47. The van der Waals surface area contributed by atoms with E-state index in [9.17, 15) is 8.42 Å². The standard InChI is InChI=1S/C21H24N2O4S/c24-28(25,17-4-3-9-22-10-17)23-11-16(13-26-12-15-7-8-15)19-14-27-20-6-2-1-5-18(20)21(19)23/h1-6,9-10,15-16,19,21H,7-8,11-14H2/t16-,19-,21-/m0/s1. The van der Waals surface area contributed by atoms with Crippen molar-refractivity contribution in [2.45, 2.75) is 23.8 Å². The molecule has 0 bridgehead atoms. The minimum absolute atomic E-state index is 0.0838. The van der Waals surface area contributed by atoms with Gasteiger partial charge in [-0.05, 0) is 37.0 Å². The van der Waals surface area contributed by atoms with Crippen molar-refractivity contribution in [3.8, 4) is 5.75 Å². The second-order valence-electron chi connectivity index (χ2n) is 7.96. The van der Waals surface area contributed by atoms with Gasteiger partial charge in [-0.1, -0.05) is 18.2 Å². The molecule has 3 aliphatic rings. The molecule has 7 heteroatoms. The van der Waals surface area contributed by atoms with Crippen LogP contribution in [0.15, 0.2) is 53.7 Å². The molecule has 0 radical (unpaired) electrons. The van der Waals surface area contributed by atoms with Crippen molar-refractivity contribution < 1.29 is 17.9 Å². The lowest BCUT2D eigenvalue weighted by molar-refractivity contribution is 0.0645. The van der Waals surface area contributed by atoms with Crippen molar-refractivity contribution in [1.29, 1.82) is 0 Å². The van der Waals surface area contributed by atoms with Crippen LogP contribution in [0.25, 0.3) is 0 Å². The number of rotatable bonds is 6. The number of hydrogen-bond acceptors (Lipinski definition) is 5. The molecule has 148 valence electrons. The van der Waals surface area contributed by atoms with Crippen LogP contribution in [0, 0.1) is 17.8 Å². The van der Waals surface area contributed by atoms with Crippen LogP contribution in [0.2, 0.25) is 0 Å². The zero-order valence-corrected chi connectivity index (χ0v) is 16.4. The quantitative estimate of drug-likeness (QED) is 0.746. The fourth-order valence-electron chi connectivity index (χ4n) is 4.34. The van der Waals surface area contributed by atoms with E-state index in [0.717, 1.165) is 17.9 Å². The number of sulfonamides is 1. The Labute approximate surface area is 165 Å². The van der Waals surface area contributed by atoms with E-state index in [4.69, 9.17) is 9.47 Å². The molecule has 2 aliphatic heterocycles. The van der Waals surface area contributed by atoms with Crippen molar-refractivity contribution in [2.24, 2.45) is 17.8 Å². The summed E-state index contributed by atoms with van der Waals surface area (Å²) in [5.41, 5.74) is 0.941. The molecule has 3 atom stereocenters. The smallest absolute Gasteiger partial charge is 0.245 e. The van der Waals surface area contributed by atoms with Gasteiger partial charge in [0, 0.05) is 42.9 Å². The summed E-state index contributed by atoms with van der Waals surface area (Å²) in [4.78, 5) is 4.24. The van der Waals surface area contributed by atoms with E-state index in [1.807, 2.05) is 24.3 Å². The first-order chi connectivity index (χ1) is 13.6. The first-order valence-electron chi connectivity index (χ1n) is 9.86. The molecule has 0 N–H and O–H groups in total. The van der Waals surface area contributed by atoms with Gasteiger partial charge in [-0.3, -0.25) is 4.98 Å². The molecule has 0 unspecified atom stereocenters. The van der Waals surface area contributed by atoms with Crippen LogP contribution in [-0.2, 0) is 14.8 Å². The zero-order valence-electron chi connectivity index (χ0n) is 15.6. The molecule has 2 fully saturated rings. The third-order valence-corrected chi connectivity index (χ3v) is 7.86. The van der Waals surface area contributed by atoms with Crippen molar-refractivity contribution in [3.05, 3.63) is 54.4 Å². The van der Waals surface area contributed by atoms with Crippen LogP contribution in [0.1, 0.15) is 24.4 Å². The second-order valence-corrected chi connectivity index (χ2v) is 9.85. The molecule has 1 aromatic carbocycles. The fourth-order valence-corrected chi connectivity index (χ4v) is 6.01. The molecule has 3 heterocycles. The number of benzene rings is 1. The Bertz CT molecular complexity index is 946. The molecule has 2 aromatic rings. The maximum absolute atomic E-state index is 13.4. The highest BCUT2D eigenvalue weighted by Crippen LogP contribution is 2.49. The van der Waals surface area contributed by atoms with Gasteiger partial charge in [0.15, 0.2) is 0 Å². The molecule has 1 saturated heterocycles. The van der Waals surface area contributed by atoms with E-state index in [2.05, 4.69) is 4.98 Å². The van der Waals surface area contributed by atoms with Crippen molar-refractivity contribution in [3.63, 3.8) is 0 Å². The Kier molecular flexibility index (Phi) is 4.61. The Balaban J connectivity index is 1.48. The summed E-state index contributed by atoms with van der Waals surface area (Å²) in [5, 5.41) is 0. The van der Waals surface area contributed by atoms with Gasteiger partial charge >= 0.3 is 0 Å². The third kappa shape index (κ3) is 3.21. The topological polar surface area (TPSA) is 68.7 Å². The highest BCUT2D eigenvalue weighted by atomic mass is 32.2. The van der Waals surface area contributed by atoms with E-state index in [1.54, 1.807) is 22.6 Å². The number of pyridine rings is 1. The molecule has 1 saturated carbocycles. The van der Waals surface area contributed by atoms with Crippen LogP contribution in [0.3, 0.4) is 0 Å². The minimum Gasteiger partial charge on any atom is -0.493 e. The summed E-state index contributed by atoms with van der Waals surface area (Å²) in [5.74, 6) is 1.66. The van der Waals surface area contributed by atoms with Crippen molar-refractivity contribution in [2.75, 3.05) is 26.4 Å². The third-order valence-electron chi connectivity index (χ3n) is 6.03. The van der Waals surface area contributed by atoms with Gasteiger partial charge in [-0.15, -0.1) is 0 Å². The van der Waals surface area contributed by atoms with Crippen LogP contribution in [0.5, 0.6) is 5.75 Å². The maximum Gasteiger partial charge on any atom is 0.245 e. The van der Waals surface area contributed by atoms with E-state index in [-0.39, 0.29) is 22.8 Å². The van der Waals surface area contributed by atoms with E-state index >= 15 is 0 Å². The highest BCUT2D eigenvalue weighted by Gasteiger charge is 2.51. The molecular weight excluding hydrogens is 376 g/mol. The van der Waals surface area contributed by atoms with Gasteiger partial charge in [0.1, 0.15) is 10.6 Å². The molecule has 1 aromatic heterocycles. The molecule has 0 amide bonds. The van der Waals surface area contributed by atoms with Crippen LogP contribution in [0.4, 0.5) is 0 Å². The SMILES string of the molecule is O=S(=O)(c1cccnc1)N1C[C@@H](COCC2CC2)[C@@H]2COc3ccccc3[C@@H]21. The Morgan fingerprint density at radius 1 is 1.14 bits per heavy atom. The minimum atomic E-state index is -3.65. The number of fused-ring (bicyclic) bond motifs is 3. The van der Waals surface area contributed by atoms with Crippen LogP contribution >= 0.6 is 0 Å². The Hall–Kier alpha value is -1.96. The van der Waals surface area contributed by atoms with E-state index in [0.29, 0.717) is 25.7 Å². The number of para-hydroxylation sites is 1. The molecule has 0 spiro atoms. The summed E-state index contributed by atoms with van der Waals surface area (Å²) in [6.45, 7) is 2.30. The summed E-state index contributed by atoms with van der Waals surface area (Å²) in [6.07, 6.45) is 5.50. The Morgan fingerprint density at radius 2 is 2.00 bits per heavy atom. The number of hydrogen-bond donors (Lipinski definition) is 0. The van der Waals surface area contributed by atoms with Crippen LogP contribution < -0.4 is 4.74 Å². The molecule has 5 rings (SSSR count). The average molecular weight is 401 g/mol. The normalized spacial score (nSPS) is 27.1. The predicted octanol–water partition coefficient (Wildman–Crippen LogP) is 2.88. The van der Waals surface area contributed by atoms with Gasteiger partial charge in [0.05, 0.1) is 19.3 Å². The maximum atomic E-state index is 13.4. The van der Waals surface area contributed by atoms with Crippen molar-refractivity contribution in [1.82, 2.24) is 9.29 Å². The van der Waals surface area contributed by atoms with Gasteiger partial charge in [-0.25, -0.2) is 8.42 Å². The highest BCUT2D eigenvalue weighted by molar-refractivity contribution is 7.89. The van der Waals surface area contributed by atoms with Gasteiger partial charge < -0.3 is 9.47 Å². The lowest BCUT2D eigenvalue weighted by atomic mass is 9.86. The lowest BCUT2D eigenvalue weighted by Gasteiger charge is -2.34. The summed E-state index contributed by atoms with van der Waals surface area (Å²) < 4.78 is 40.5. The molecule has 1 aliphatic carbocycles. The van der Waals surface area contributed by atoms with E-state index in [1.165, 1.54) is 19.0 Å². The predicted molar refractivity (Wildman–Crippen MR) is 103 cm³/mol. The number of aromatic nitrogens is 1. The Morgan fingerprint density at radius 3 is 2.79 bits per heavy atom. The number of nitrogens with zero attached hydrogens (tertiary/aromatic N) is 2. The van der Waals surface area contributed by atoms with E-state index < -0.39 is 10.0 Å².